The summed E-state index contributed by atoms with van der Waals surface area (Å²) in [4.78, 5) is 22.4. The van der Waals surface area contributed by atoms with Gasteiger partial charge in [-0.1, -0.05) is 12.1 Å². The van der Waals surface area contributed by atoms with Crippen molar-refractivity contribution < 1.29 is 32.6 Å². The first-order valence-electron chi connectivity index (χ1n) is 7.86. The second-order valence-corrected chi connectivity index (χ2v) is 5.83. The summed E-state index contributed by atoms with van der Waals surface area (Å²) >= 11 is 0. The number of carbonyl (C=O) groups excluding carboxylic acids is 1. The first kappa shape index (κ1) is 18.9. The van der Waals surface area contributed by atoms with Gasteiger partial charge >= 0.3 is 18.4 Å². The van der Waals surface area contributed by atoms with Crippen LogP contribution in [-0.2, 0) is 4.79 Å². The molecule has 0 saturated heterocycles. The minimum absolute atomic E-state index is 0.0524. The summed E-state index contributed by atoms with van der Waals surface area (Å²) in [6.07, 6.45) is -2.79. The van der Waals surface area contributed by atoms with E-state index in [0.717, 1.165) is 12.8 Å². The maximum atomic E-state index is 12.3. The average molecular weight is 360 g/mol. The topological polar surface area (TPSA) is 87.7 Å². The zero-order valence-corrected chi connectivity index (χ0v) is 13.3. The normalized spacial score (nSPS) is 15.3. The molecule has 0 heterocycles. The van der Waals surface area contributed by atoms with Crippen LogP contribution in [0.15, 0.2) is 24.3 Å². The lowest BCUT2D eigenvalue weighted by Crippen LogP contribution is -2.39. The maximum absolute atomic E-state index is 12.3. The Hall–Kier alpha value is -2.45. The molecule has 138 valence electrons. The van der Waals surface area contributed by atoms with Gasteiger partial charge in [0, 0.05) is 13.0 Å². The third kappa shape index (κ3) is 6.90. The summed E-state index contributed by atoms with van der Waals surface area (Å²) in [5.74, 6) is -1.12. The van der Waals surface area contributed by atoms with Gasteiger partial charge in [0.1, 0.15) is 5.75 Å². The van der Waals surface area contributed by atoms with Crippen LogP contribution in [0.5, 0.6) is 5.75 Å². The van der Waals surface area contributed by atoms with E-state index in [1.54, 1.807) is 6.07 Å². The molecule has 0 bridgehead atoms. The number of amides is 2. The highest BCUT2D eigenvalue weighted by molar-refractivity contribution is 5.74. The predicted molar refractivity (Wildman–Crippen MR) is 82.0 cm³/mol. The molecule has 0 spiro atoms. The highest BCUT2D eigenvalue weighted by Crippen LogP contribution is 2.41. The van der Waals surface area contributed by atoms with Crippen molar-refractivity contribution in [3.63, 3.8) is 0 Å². The summed E-state index contributed by atoms with van der Waals surface area (Å²) in [5, 5.41) is 13.8. The van der Waals surface area contributed by atoms with Gasteiger partial charge in [0.05, 0.1) is 6.04 Å². The molecule has 2 rings (SSSR count). The molecule has 0 aliphatic heterocycles. The summed E-state index contributed by atoms with van der Waals surface area (Å²) in [5.41, 5.74) is 0.532. The molecular formula is C16H19F3N2O4. The van der Waals surface area contributed by atoms with E-state index in [0.29, 0.717) is 12.0 Å². The second-order valence-electron chi connectivity index (χ2n) is 5.83. The van der Waals surface area contributed by atoms with Crippen LogP contribution >= 0.6 is 0 Å². The number of urea groups is 1. The molecule has 1 aliphatic carbocycles. The molecule has 1 aromatic rings. The Morgan fingerprint density at radius 2 is 2.04 bits per heavy atom. The van der Waals surface area contributed by atoms with Crippen LogP contribution in [0.4, 0.5) is 18.0 Å². The van der Waals surface area contributed by atoms with Gasteiger partial charge in [0.25, 0.3) is 0 Å². The summed E-state index contributed by atoms with van der Waals surface area (Å²) < 4.78 is 40.9. The van der Waals surface area contributed by atoms with Gasteiger partial charge in [-0.3, -0.25) is 4.79 Å². The number of ether oxygens (including phenoxy) is 1. The van der Waals surface area contributed by atoms with E-state index in [4.69, 9.17) is 5.11 Å². The van der Waals surface area contributed by atoms with Crippen LogP contribution in [0.25, 0.3) is 0 Å². The van der Waals surface area contributed by atoms with Crippen LogP contribution in [0, 0.1) is 5.92 Å². The molecule has 1 unspecified atom stereocenters. The molecule has 6 nitrogen and oxygen atoms in total. The van der Waals surface area contributed by atoms with Crippen LogP contribution in [-0.4, -0.2) is 30.0 Å². The number of halogens is 3. The fourth-order valence-electron chi connectivity index (χ4n) is 2.44. The van der Waals surface area contributed by atoms with Crippen LogP contribution < -0.4 is 15.4 Å². The fraction of sp³-hybridized carbons (Fsp3) is 0.500. The molecule has 0 radical (unpaired) electrons. The van der Waals surface area contributed by atoms with Crippen LogP contribution in [0.3, 0.4) is 0 Å². The van der Waals surface area contributed by atoms with Gasteiger partial charge in [-0.05, 0) is 42.9 Å². The van der Waals surface area contributed by atoms with E-state index >= 15 is 0 Å². The molecule has 0 aromatic heterocycles. The van der Waals surface area contributed by atoms with Crippen molar-refractivity contribution in [2.24, 2.45) is 5.92 Å². The monoisotopic (exact) mass is 360 g/mol. The molecule has 9 heteroatoms. The van der Waals surface area contributed by atoms with Crippen LogP contribution in [0.2, 0.25) is 0 Å². The van der Waals surface area contributed by atoms with E-state index < -0.39 is 24.4 Å². The molecule has 1 atom stereocenters. The molecule has 1 fully saturated rings. The number of carboxylic acids is 1. The zero-order valence-electron chi connectivity index (χ0n) is 13.3. The summed E-state index contributed by atoms with van der Waals surface area (Å²) in [7, 11) is 0. The number of benzene rings is 1. The first-order chi connectivity index (χ1) is 11.7. The van der Waals surface area contributed by atoms with E-state index in [-0.39, 0.29) is 24.6 Å². The Kier molecular flexibility index (Phi) is 6.11. The largest absolute Gasteiger partial charge is 0.573 e. The number of aliphatic carboxylic acids is 1. The van der Waals surface area contributed by atoms with Crippen molar-refractivity contribution >= 4 is 12.0 Å². The minimum atomic E-state index is -4.78. The number of hydrogen-bond acceptors (Lipinski definition) is 3. The highest BCUT2D eigenvalue weighted by atomic mass is 19.4. The lowest BCUT2D eigenvalue weighted by molar-refractivity contribution is -0.274. The zero-order chi connectivity index (χ0) is 18.4. The highest BCUT2D eigenvalue weighted by Gasteiger charge is 2.35. The quantitative estimate of drug-likeness (QED) is 0.621. The lowest BCUT2D eigenvalue weighted by Gasteiger charge is -2.20. The van der Waals surface area contributed by atoms with Gasteiger partial charge in [0.15, 0.2) is 0 Å². The van der Waals surface area contributed by atoms with E-state index in [1.165, 1.54) is 18.2 Å². The Labute approximate surface area is 142 Å². The summed E-state index contributed by atoms with van der Waals surface area (Å²) in [6.45, 7) is 0.201. The summed E-state index contributed by atoms with van der Waals surface area (Å²) in [6, 6.07) is 4.64. The average Bonchev–Trinajstić information content (AvgIpc) is 3.32. The number of alkyl halides is 3. The smallest absolute Gasteiger partial charge is 0.481 e. The van der Waals surface area contributed by atoms with Gasteiger partial charge in [-0.25, -0.2) is 4.79 Å². The fourth-order valence-corrected chi connectivity index (χ4v) is 2.44. The van der Waals surface area contributed by atoms with Crippen molar-refractivity contribution in [2.45, 2.75) is 38.1 Å². The van der Waals surface area contributed by atoms with Gasteiger partial charge in [-0.2, -0.15) is 0 Å². The minimum Gasteiger partial charge on any atom is -0.481 e. The van der Waals surface area contributed by atoms with Gasteiger partial charge < -0.3 is 20.5 Å². The molecule has 1 saturated carbocycles. The van der Waals surface area contributed by atoms with Crippen molar-refractivity contribution in [1.29, 1.82) is 0 Å². The number of rotatable bonds is 8. The SMILES string of the molecule is O=C(O)CCCNC(=O)NC(c1cccc(OC(F)(F)F)c1)C1CC1. The third-order valence-corrected chi connectivity index (χ3v) is 3.68. The van der Waals surface area contributed by atoms with Crippen molar-refractivity contribution in [3.8, 4) is 5.75 Å². The standard InChI is InChI=1S/C16H19F3N2O4/c17-16(18,19)25-12-4-1-3-11(9-12)14(10-6-7-10)21-15(24)20-8-2-5-13(22)23/h1,3-4,9-10,14H,2,5-8H2,(H,22,23)(H2,20,21,24). The number of nitrogens with one attached hydrogen (secondary N) is 2. The van der Waals surface area contributed by atoms with Crippen molar-refractivity contribution in [2.75, 3.05) is 6.54 Å². The Bertz CT molecular complexity index is 618. The van der Waals surface area contributed by atoms with E-state index in [2.05, 4.69) is 15.4 Å². The number of hydrogen-bond donors (Lipinski definition) is 3. The van der Waals surface area contributed by atoms with Crippen LogP contribution in [0.1, 0.15) is 37.3 Å². The molecule has 25 heavy (non-hydrogen) atoms. The molecule has 3 N–H and O–H groups in total. The van der Waals surface area contributed by atoms with E-state index in [9.17, 15) is 22.8 Å². The van der Waals surface area contributed by atoms with Gasteiger partial charge in [0.2, 0.25) is 0 Å². The first-order valence-corrected chi connectivity index (χ1v) is 7.86. The molecule has 2 amide bonds. The third-order valence-electron chi connectivity index (χ3n) is 3.68. The maximum Gasteiger partial charge on any atom is 0.573 e. The number of carboxylic acid groups (broad SMARTS) is 1. The Balaban J connectivity index is 1.95. The predicted octanol–water partition coefficient (Wildman–Crippen LogP) is 3.20. The molecule has 1 aliphatic rings. The van der Waals surface area contributed by atoms with E-state index in [1.807, 2.05) is 0 Å². The number of carbonyl (C=O) groups is 2. The second kappa shape index (κ2) is 8.09. The Morgan fingerprint density at radius 3 is 2.64 bits per heavy atom. The van der Waals surface area contributed by atoms with Crippen molar-refractivity contribution in [3.05, 3.63) is 29.8 Å². The van der Waals surface area contributed by atoms with Gasteiger partial charge in [-0.15, -0.1) is 13.2 Å². The lowest BCUT2D eigenvalue weighted by atomic mass is 10.0. The van der Waals surface area contributed by atoms with Crippen molar-refractivity contribution in [1.82, 2.24) is 10.6 Å². The molecule has 1 aromatic carbocycles. The molecular weight excluding hydrogens is 341 g/mol. The Morgan fingerprint density at radius 1 is 1.32 bits per heavy atom.